The molecule has 31 heavy (non-hydrogen) atoms. The number of rotatable bonds is 6. The molecule has 2 rings (SSSR count). The van der Waals surface area contributed by atoms with E-state index in [1.54, 1.807) is 20.8 Å². The van der Waals surface area contributed by atoms with Crippen LogP contribution in [0, 0.1) is 11.8 Å². The van der Waals surface area contributed by atoms with Crippen molar-refractivity contribution in [3.63, 3.8) is 0 Å². The van der Waals surface area contributed by atoms with Gasteiger partial charge in [0.2, 0.25) is 0 Å². The number of nitrogens with zero attached hydrogens (tertiary/aromatic N) is 1. The Morgan fingerprint density at radius 3 is 1.90 bits per heavy atom. The van der Waals surface area contributed by atoms with Crippen LogP contribution in [0.15, 0.2) is 65.7 Å². The van der Waals surface area contributed by atoms with Crippen LogP contribution in [0.4, 0.5) is 4.79 Å². The number of carbonyl (C=O) groups excluding carboxylic acids is 1. The molecule has 0 spiro atoms. The molecule has 0 fully saturated rings. The Morgan fingerprint density at radius 2 is 1.45 bits per heavy atom. The van der Waals surface area contributed by atoms with Gasteiger partial charge in [-0.05, 0) is 27.7 Å². The standard InChI is InChI=1S/C25H28N2O4/c1-24(2,3)31-23(30)26-18-12-11-17-25(4,22(28)29)27-21(19-13-7-5-8-14-19)20-15-9-6-10-16-20/h5-10,13-16H,17-18H2,1-4H3,(H,26,30)(H,28,29). The van der Waals surface area contributed by atoms with Crippen LogP contribution in [0.3, 0.4) is 0 Å². The maximum absolute atomic E-state index is 12.1. The predicted octanol–water partition coefficient (Wildman–Crippen LogP) is 4.29. The van der Waals surface area contributed by atoms with E-state index in [-0.39, 0.29) is 13.0 Å². The SMILES string of the molecule is CC(C)(C)OC(=O)NCC#CCC(C)(N=C(c1ccccc1)c1ccccc1)C(=O)O. The summed E-state index contributed by atoms with van der Waals surface area (Å²) in [5.41, 5.74) is 0.167. The third-order valence-corrected chi connectivity index (χ3v) is 4.19. The molecule has 162 valence electrons. The topological polar surface area (TPSA) is 88.0 Å². The molecule has 0 aliphatic carbocycles. The third-order valence-electron chi connectivity index (χ3n) is 4.19. The summed E-state index contributed by atoms with van der Waals surface area (Å²) >= 11 is 0. The molecule has 0 heterocycles. The number of aliphatic carboxylic acids is 1. The Bertz CT molecular complexity index is 941. The molecule has 2 aromatic carbocycles. The van der Waals surface area contributed by atoms with E-state index >= 15 is 0 Å². The van der Waals surface area contributed by atoms with Crippen LogP contribution in [0.25, 0.3) is 0 Å². The first-order valence-corrected chi connectivity index (χ1v) is 9.97. The van der Waals surface area contributed by atoms with Crippen LogP contribution >= 0.6 is 0 Å². The van der Waals surface area contributed by atoms with E-state index in [2.05, 4.69) is 22.2 Å². The summed E-state index contributed by atoms with van der Waals surface area (Å²) < 4.78 is 5.14. The second-order valence-electron chi connectivity index (χ2n) is 8.16. The van der Waals surface area contributed by atoms with E-state index in [9.17, 15) is 14.7 Å². The van der Waals surface area contributed by atoms with E-state index < -0.39 is 23.2 Å². The molecular weight excluding hydrogens is 392 g/mol. The lowest BCUT2D eigenvalue weighted by Crippen LogP contribution is -2.34. The number of carboxylic acid groups (broad SMARTS) is 1. The first-order valence-electron chi connectivity index (χ1n) is 9.97. The summed E-state index contributed by atoms with van der Waals surface area (Å²) in [4.78, 5) is 28.4. The van der Waals surface area contributed by atoms with Gasteiger partial charge in [-0.25, -0.2) is 9.59 Å². The molecule has 1 atom stereocenters. The van der Waals surface area contributed by atoms with Gasteiger partial charge in [-0.2, -0.15) is 0 Å². The van der Waals surface area contributed by atoms with Crippen molar-refractivity contribution in [2.24, 2.45) is 4.99 Å². The van der Waals surface area contributed by atoms with Gasteiger partial charge < -0.3 is 15.2 Å². The molecule has 6 nitrogen and oxygen atoms in total. The molecule has 0 radical (unpaired) electrons. The maximum atomic E-state index is 12.1. The molecule has 0 saturated carbocycles. The van der Waals surface area contributed by atoms with Gasteiger partial charge in [0.1, 0.15) is 5.60 Å². The fourth-order valence-electron chi connectivity index (χ4n) is 2.63. The van der Waals surface area contributed by atoms with Crippen molar-refractivity contribution < 1.29 is 19.4 Å². The summed E-state index contributed by atoms with van der Waals surface area (Å²) in [5, 5.41) is 12.4. The van der Waals surface area contributed by atoms with Crippen molar-refractivity contribution in [2.45, 2.75) is 45.3 Å². The molecule has 0 aromatic heterocycles. The number of benzene rings is 2. The van der Waals surface area contributed by atoms with Crippen molar-refractivity contribution in [1.29, 1.82) is 0 Å². The van der Waals surface area contributed by atoms with Gasteiger partial charge in [0.15, 0.2) is 5.54 Å². The number of hydrogen-bond acceptors (Lipinski definition) is 4. The van der Waals surface area contributed by atoms with Gasteiger partial charge >= 0.3 is 12.1 Å². The Labute approximate surface area is 183 Å². The first-order chi connectivity index (χ1) is 14.6. The number of amides is 1. The van der Waals surface area contributed by atoms with Crippen LogP contribution < -0.4 is 5.32 Å². The summed E-state index contributed by atoms with van der Waals surface area (Å²) in [6, 6.07) is 18.9. The summed E-state index contributed by atoms with van der Waals surface area (Å²) in [5.74, 6) is 4.52. The number of alkyl carbamates (subject to hydrolysis) is 1. The Kier molecular flexibility index (Phi) is 7.98. The van der Waals surface area contributed by atoms with Gasteiger partial charge in [-0.15, -0.1) is 0 Å². The number of ether oxygens (including phenoxy) is 1. The average Bonchev–Trinajstić information content (AvgIpc) is 2.71. The zero-order valence-electron chi connectivity index (χ0n) is 18.3. The largest absolute Gasteiger partial charge is 0.479 e. The lowest BCUT2D eigenvalue weighted by molar-refractivity contribution is -0.142. The van der Waals surface area contributed by atoms with E-state index in [0.717, 1.165) is 11.1 Å². The fourth-order valence-corrected chi connectivity index (χ4v) is 2.63. The molecule has 2 N–H and O–H groups in total. The number of nitrogens with one attached hydrogen (secondary N) is 1. The second kappa shape index (κ2) is 10.4. The van der Waals surface area contributed by atoms with Crippen LogP contribution in [-0.4, -0.2) is 40.6 Å². The Balaban J connectivity index is 2.23. The highest BCUT2D eigenvalue weighted by Crippen LogP contribution is 2.21. The molecule has 6 heteroatoms. The van der Waals surface area contributed by atoms with E-state index in [1.165, 1.54) is 6.92 Å². The van der Waals surface area contributed by atoms with Crippen molar-refractivity contribution in [3.8, 4) is 11.8 Å². The van der Waals surface area contributed by atoms with Gasteiger partial charge in [0, 0.05) is 17.5 Å². The van der Waals surface area contributed by atoms with Gasteiger partial charge in [0.05, 0.1) is 12.3 Å². The molecule has 0 bridgehead atoms. The Hall–Kier alpha value is -3.59. The molecule has 0 saturated heterocycles. The number of hydrogen-bond donors (Lipinski definition) is 2. The molecule has 2 aromatic rings. The normalized spacial score (nSPS) is 12.5. The van der Waals surface area contributed by atoms with Gasteiger partial charge in [-0.1, -0.05) is 72.5 Å². The monoisotopic (exact) mass is 420 g/mol. The predicted molar refractivity (Wildman–Crippen MR) is 121 cm³/mol. The van der Waals surface area contributed by atoms with E-state index in [0.29, 0.717) is 5.71 Å². The van der Waals surface area contributed by atoms with Gasteiger partial charge in [0.25, 0.3) is 0 Å². The summed E-state index contributed by atoms with van der Waals surface area (Å²) in [6.07, 6.45) is -0.585. The fraction of sp³-hybridized carbons (Fsp3) is 0.320. The minimum absolute atomic E-state index is 0.0124. The highest BCUT2D eigenvalue weighted by molar-refractivity contribution is 6.13. The number of carboxylic acids is 1. The smallest absolute Gasteiger partial charge is 0.408 e. The highest BCUT2D eigenvalue weighted by atomic mass is 16.6. The van der Waals surface area contributed by atoms with Crippen LogP contribution in [-0.2, 0) is 9.53 Å². The quantitative estimate of drug-likeness (QED) is 0.539. The first kappa shape index (κ1) is 23.7. The van der Waals surface area contributed by atoms with Crippen molar-refractivity contribution in [1.82, 2.24) is 5.32 Å². The van der Waals surface area contributed by atoms with Crippen LogP contribution in [0.1, 0.15) is 45.2 Å². The lowest BCUT2D eigenvalue weighted by atomic mass is 9.96. The minimum Gasteiger partial charge on any atom is -0.479 e. The van der Waals surface area contributed by atoms with Gasteiger partial charge in [-0.3, -0.25) is 4.99 Å². The highest BCUT2D eigenvalue weighted by Gasteiger charge is 2.32. The van der Waals surface area contributed by atoms with Crippen LogP contribution in [0.2, 0.25) is 0 Å². The molecule has 0 aliphatic heterocycles. The van der Waals surface area contributed by atoms with Crippen molar-refractivity contribution in [2.75, 3.05) is 6.54 Å². The van der Waals surface area contributed by atoms with E-state index in [4.69, 9.17) is 4.74 Å². The summed E-state index contributed by atoms with van der Waals surface area (Å²) in [7, 11) is 0. The minimum atomic E-state index is -1.46. The van der Waals surface area contributed by atoms with Crippen LogP contribution in [0.5, 0.6) is 0 Å². The van der Waals surface area contributed by atoms with E-state index in [1.807, 2.05) is 60.7 Å². The zero-order chi connectivity index (χ0) is 22.9. The molecule has 1 unspecified atom stereocenters. The van der Waals surface area contributed by atoms with Crippen molar-refractivity contribution >= 4 is 17.8 Å². The second-order valence-corrected chi connectivity index (χ2v) is 8.16. The van der Waals surface area contributed by atoms with Crippen molar-refractivity contribution in [3.05, 3.63) is 71.8 Å². The molecule has 0 aliphatic rings. The Morgan fingerprint density at radius 1 is 0.935 bits per heavy atom. The summed E-state index contributed by atoms with van der Waals surface area (Å²) in [6.45, 7) is 6.90. The average molecular weight is 421 g/mol. The molecular formula is C25H28N2O4. The third kappa shape index (κ3) is 7.63. The zero-order valence-corrected chi connectivity index (χ0v) is 18.3. The molecule has 1 amide bonds. The number of carbonyl (C=O) groups is 2. The lowest BCUT2D eigenvalue weighted by Gasteiger charge is -2.20. The number of aliphatic imine (C=N–C) groups is 1. The maximum Gasteiger partial charge on any atom is 0.408 e.